The third-order valence-corrected chi connectivity index (χ3v) is 2.98. The molecule has 112 valence electrons. The molecule has 0 saturated heterocycles. The highest BCUT2D eigenvalue weighted by Gasteiger charge is 2.01. The number of rotatable bonds is 7. The molecule has 0 aromatic heterocycles. The van der Waals surface area contributed by atoms with Crippen molar-refractivity contribution in [3.63, 3.8) is 0 Å². The van der Waals surface area contributed by atoms with Crippen LogP contribution >= 0.6 is 0 Å². The van der Waals surface area contributed by atoms with Crippen LogP contribution in [0.5, 0.6) is 0 Å². The number of nitrogens with one attached hydrogen (secondary N) is 2. The van der Waals surface area contributed by atoms with Gasteiger partial charge in [0.1, 0.15) is 0 Å². The highest BCUT2D eigenvalue weighted by Crippen LogP contribution is 2.09. The van der Waals surface area contributed by atoms with E-state index in [1.165, 1.54) is 16.0 Å². The van der Waals surface area contributed by atoms with Crippen LogP contribution in [0.15, 0.2) is 24.3 Å². The van der Waals surface area contributed by atoms with Crippen molar-refractivity contribution in [1.29, 1.82) is 0 Å². The first-order valence-corrected chi connectivity index (χ1v) is 7.22. The van der Waals surface area contributed by atoms with Crippen molar-refractivity contribution in [2.45, 2.75) is 26.8 Å². The molecule has 0 aliphatic heterocycles. The van der Waals surface area contributed by atoms with Gasteiger partial charge in [0.2, 0.25) is 0 Å². The molecule has 0 aliphatic carbocycles. The highest BCUT2D eigenvalue weighted by atomic mass is 16.2. The quantitative estimate of drug-likeness (QED) is 0.751. The van der Waals surface area contributed by atoms with Crippen molar-refractivity contribution in [3.8, 4) is 0 Å². The lowest BCUT2D eigenvalue weighted by atomic mass is 10.0. The van der Waals surface area contributed by atoms with Crippen molar-refractivity contribution in [1.82, 2.24) is 15.5 Å². The average molecular weight is 277 g/mol. The van der Waals surface area contributed by atoms with Gasteiger partial charge in [-0.3, -0.25) is 0 Å². The number of benzene rings is 1. The van der Waals surface area contributed by atoms with E-state index in [9.17, 15) is 4.79 Å². The SMILES string of the molecule is CC(C)Cc1ccc(CNCCNC(=O)N(C)C)cc1. The van der Waals surface area contributed by atoms with Crippen molar-refractivity contribution in [2.75, 3.05) is 27.2 Å². The molecule has 0 unspecified atom stereocenters. The minimum absolute atomic E-state index is 0.0511. The summed E-state index contributed by atoms with van der Waals surface area (Å²) in [6.07, 6.45) is 1.13. The maximum atomic E-state index is 11.3. The number of amides is 2. The van der Waals surface area contributed by atoms with E-state index in [1.54, 1.807) is 14.1 Å². The van der Waals surface area contributed by atoms with Gasteiger partial charge in [0.05, 0.1) is 0 Å². The Bertz CT molecular complexity index is 399. The van der Waals surface area contributed by atoms with Crippen LogP contribution in [0.2, 0.25) is 0 Å². The monoisotopic (exact) mass is 277 g/mol. The molecule has 0 saturated carbocycles. The fraction of sp³-hybridized carbons (Fsp3) is 0.562. The lowest BCUT2D eigenvalue weighted by molar-refractivity contribution is 0.217. The molecule has 0 heterocycles. The Hall–Kier alpha value is -1.55. The first-order chi connectivity index (χ1) is 9.49. The normalized spacial score (nSPS) is 10.7. The van der Waals surface area contributed by atoms with Crippen LogP contribution in [-0.2, 0) is 13.0 Å². The van der Waals surface area contributed by atoms with Gasteiger partial charge in [-0.2, -0.15) is 0 Å². The minimum atomic E-state index is -0.0511. The van der Waals surface area contributed by atoms with E-state index in [1.807, 2.05) is 0 Å². The van der Waals surface area contributed by atoms with Crippen LogP contribution in [0.1, 0.15) is 25.0 Å². The summed E-state index contributed by atoms with van der Waals surface area (Å²) in [7, 11) is 3.48. The Morgan fingerprint density at radius 1 is 1.10 bits per heavy atom. The number of hydrogen-bond donors (Lipinski definition) is 2. The second kappa shape index (κ2) is 8.59. The zero-order valence-electron chi connectivity index (χ0n) is 13.1. The molecule has 0 aliphatic rings. The summed E-state index contributed by atoms with van der Waals surface area (Å²) in [5, 5.41) is 6.15. The molecule has 0 bridgehead atoms. The van der Waals surface area contributed by atoms with E-state index in [2.05, 4.69) is 48.7 Å². The van der Waals surface area contributed by atoms with Crippen LogP contribution in [0, 0.1) is 5.92 Å². The Morgan fingerprint density at radius 2 is 1.70 bits per heavy atom. The van der Waals surface area contributed by atoms with Crippen molar-refractivity contribution in [3.05, 3.63) is 35.4 Å². The zero-order chi connectivity index (χ0) is 15.0. The smallest absolute Gasteiger partial charge is 0.316 e. The summed E-state index contributed by atoms with van der Waals surface area (Å²) in [6.45, 7) is 6.71. The number of urea groups is 1. The molecule has 0 radical (unpaired) electrons. The van der Waals surface area contributed by atoms with Gasteiger partial charge in [0.15, 0.2) is 0 Å². The molecule has 1 rings (SSSR count). The molecule has 20 heavy (non-hydrogen) atoms. The van der Waals surface area contributed by atoms with Crippen molar-refractivity contribution >= 4 is 6.03 Å². The highest BCUT2D eigenvalue weighted by molar-refractivity contribution is 5.73. The fourth-order valence-corrected chi connectivity index (χ4v) is 1.91. The molecule has 4 nitrogen and oxygen atoms in total. The molecule has 4 heteroatoms. The lowest BCUT2D eigenvalue weighted by Crippen LogP contribution is -2.38. The summed E-state index contributed by atoms with van der Waals surface area (Å²) in [4.78, 5) is 12.8. The standard InChI is InChI=1S/C16H27N3O/c1-13(2)11-14-5-7-15(8-6-14)12-17-9-10-18-16(20)19(3)4/h5-8,13,17H,9-12H2,1-4H3,(H,18,20). The van der Waals surface area contributed by atoms with Gasteiger partial charge in [-0.1, -0.05) is 38.1 Å². The van der Waals surface area contributed by atoms with Gasteiger partial charge >= 0.3 is 6.03 Å². The molecule has 0 fully saturated rings. The lowest BCUT2D eigenvalue weighted by Gasteiger charge is -2.12. The maximum absolute atomic E-state index is 11.3. The molecular weight excluding hydrogens is 250 g/mol. The third-order valence-electron chi connectivity index (χ3n) is 2.98. The van der Waals surface area contributed by atoms with E-state index >= 15 is 0 Å². The summed E-state index contributed by atoms with van der Waals surface area (Å²) < 4.78 is 0. The Kier molecular flexibility index (Phi) is 7.09. The van der Waals surface area contributed by atoms with E-state index in [-0.39, 0.29) is 6.03 Å². The summed E-state index contributed by atoms with van der Waals surface area (Å²) in [5.41, 5.74) is 2.67. The zero-order valence-corrected chi connectivity index (χ0v) is 13.1. The summed E-state index contributed by atoms with van der Waals surface area (Å²) in [5.74, 6) is 0.694. The minimum Gasteiger partial charge on any atom is -0.337 e. The topological polar surface area (TPSA) is 44.4 Å². The van der Waals surface area contributed by atoms with E-state index in [4.69, 9.17) is 0 Å². The van der Waals surface area contributed by atoms with Gasteiger partial charge in [-0.25, -0.2) is 4.79 Å². The predicted octanol–water partition coefficient (Wildman–Crippen LogP) is 2.25. The Balaban J connectivity index is 2.20. The first-order valence-electron chi connectivity index (χ1n) is 7.22. The molecule has 2 amide bonds. The largest absolute Gasteiger partial charge is 0.337 e. The maximum Gasteiger partial charge on any atom is 0.316 e. The second-order valence-electron chi connectivity index (χ2n) is 5.72. The Morgan fingerprint density at radius 3 is 2.25 bits per heavy atom. The van der Waals surface area contributed by atoms with Crippen LogP contribution in [0.4, 0.5) is 4.79 Å². The second-order valence-corrected chi connectivity index (χ2v) is 5.72. The first kappa shape index (κ1) is 16.5. The average Bonchev–Trinajstić information content (AvgIpc) is 2.39. The van der Waals surface area contributed by atoms with Gasteiger partial charge in [-0.05, 0) is 23.5 Å². The van der Waals surface area contributed by atoms with E-state index in [0.717, 1.165) is 19.5 Å². The molecule has 0 spiro atoms. The number of hydrogen-bond acceptors (Lipinski definition) is 2. The van der Waals surface area contributed by atoms with Gasteiger partial charge in [0, 0.05) is 33.7 Å². The molecule has 1 aromatic carbocycles. The van der Waals surface area contributed by atoms with Crippen molar-refractivity contribution < 1.29 is 4.79 Å². The van der Waals surface area contributed by atoms with Crippen molar-refractivity contribution in [2.24, 2.45) is 5.92 Å². The van der Waals surface area contributed by atoms with Gasteiger partial charge < -0.3 is 15.5 Å². The van der Waals surface area contributed by atoms with E-state index in [0.29, 0.717) is 12.5 Å². The van der Waals surface area contributed by atoms with Crippen LogP contribution in [0.3, 0.4) is 0 Å². The van der Waals surface area contributed by atoms with Crippen LogP contribution < -0.4 is 10.6 Å². The number of carbonyl (C=O) groups excluding carboxylic acids is 1. The van der Waals surface area contributed by atoms with Crippen LogP contribution in [-0.4, -0.2) is 38.1 Å². The number of carbonyl (C=O) groups is 1. The fourth-order valence-electron chi connectivity index (χ4n) is 1.91. The summed E-state index contributed by atoms with van der Waals surface area (Å²) >= 11 is 0. The third kappa shape index (κ3) is 6.57. The van der Waals surface area contributed by atoms with Crippen LogP contribution in [0.25, 0.3) is 0 Å². The van der Waals surface area contributed by atoms with Gasteiger partial charge in [0.25, 0.3) is 0 Å². The predicted molar refractivity (Wildman–Crippen MR) is 83.8 cm³/mol. The number of nitrogens with zero attached hydrogens (tertiary/aromatic N) is 1. The molecule has 0 atom stereocenters. The molecular formula is C16H27N3O. The van der Waals surface area contributed by atoms with E-state index < -0.39 is 0 Å². The summed E-state index contributed by atoms with van der Waals surface area (Å²) in [6, 6.07) is 8.69. The van der Waals surface area contributed by atoms with Gasteiger partial charge in [-0.15, -0.1) is 0 Å². The Labute approximate surface area is 122 Å². The molecule has 1 aromatic rings. The molecule has 2 N–H and O–H groups in total.